The van der Waals surface area contributed by atoms with Gasteiger partial charge in [0.25, 0.3) is 0 Å². The molecule has 0 radical (unpaired) electrons. The topological polar surface area (TPSA) is 53.1 Å². The normalized spacial score (nSPS) is 26.8. The maximum Gasteiger partial charge on any atom is 0.0908 e. The maximum atomic E-state index is 7.16. The lowest BCUT2D eigenvalue weighted by molar-refractivity contribution is 0.214. The largest absolute Gasteiger partial charge is 0.388 e. The van der Waals surface area contributed by atoms with Gasteiger partial charge in [0.2, 0.25) is 0 Å². The summed E-state index contributed by atoms with van der Waals surface area (Å²) >= 11 is 0. The summed E-state index contributed by atoms with van der Waals surface area (Å²) in [6.45, 7) is 2.31. The Bertz CT molecular complexity index is 144. The number of piperidine rings is 1. The van der Waals surface area contributed by atoms with Crippen molar-refractivity contribution in [3.05, 3.63) is 0 Å². The van der Waals surface area contributed by atoms with Gasteiger partial charge in [-0.25, -0.2) is 0 Å². The summed E-state index contributed by atoms with van der Waals surface area (Å²) in [4.78, 5) is 2.32. The quantitative estimate of drug-likeness (QED) is 0.454. The molecule has 1 fully saturated rings. The summed E-state index contributed by atoms with van der Waals surface area (Å²) in [5, 5.41) is 7.16. The van der Waals surface area contributed by atoms with Gasteiger partial charge in [-0.15, -0.1) is 0 Å². The SMILES string of the molecule is CN1CCCC(CC(=N)N)C1. The van der Waals surface area contributed by atoms with Crippen LogP contribution < -0.4 is 5.73 Å². The second-order valence-electron chi connectivity index (χ2n) is 3.50. The molecule has 11 heavy (non-hydrogen) atoms. The summed E-state index contributed by atoms with van der Waals surface area (Å²) in [5.41, 5.74) is 5.33. The zero-order valence-corrected chi connectivity index (χ0v) is 7.14. The first-order valence-corrected chi connectivity index (χ1v) is 4.20. The molecule has 1 aliphatic rings. The molecule has 0 aromatic carbocycles. The molecule has 0 amide bonds. The van der Waals surface area contributed by atoms with Gasteiger partial charge in [0.05, 0.1) is 5.84 Å². The van der Waals surface area contributed by atoms with Gasteiger partial charge in [-0.3, -0.25) is 5.41 Å². The number of hydrogen-bond acceptors (Lipinski definition) is 2. The van der Waals surface area contributed by atoms with E-state index >= 15 is 0 Å². The molecule has 1 heterocycles. The first-order chi connectivity index (χ1) is 5.18. The van der Waals surface area contributed by atoms with Crippen molar-refractivity contribution in [1.29, 1.82) is 5.41 Å². The maximum absolute atomic E-state index is 7.16. The fourth-order valence-corrected chi connectivity index (χ4v) is 1.75. The number of nitrogens with two attached hydrogens (primary N) is 1. The van der Waals surface area contributed by atoms with Crippen LogP contribution in [0.25, 0.3) is 0 Å². The highest BCUT2D eigenvalue weighted by molar-refractivity contribution is 5.77. The van der Waals surface area contributed by atoms with Crippen LogP contribution in [0.5, 0.6) is 0 Å². The summed E-state index contributed by atoms with van der Waals surface area (Å²) in [6.07, 6.45) is 3.28. The van der Waals surface area contributed by atoms with E-state index in [0.29, 0.717) is 11.8 Å². The third-order valence-electron chi connectivity index (χ3n) is 2.23. The molecular weight excluding hydrogens is 138 g/mol. The smallest absolute Gasteiger partial charge is 0.0908 e. The molecule has 0 spiro atoms. The Hall–Kier alpha value is -0.570. The fraction of sp³-hybridized carbons (Fsp3) is 0.875. The van der Waals surface area contributed by atoms with E-state index in [1.807, 2.05) is 0 Å². The fourth-order valence-electron chi connectivity index (χ4n) is 1.75. The van der Waals surface area contributed by atoms with Crippen LogP contribution in [0.4, 0.5) is 0 Å². The highest BCUT2D eigenvalue weighted by Crippen LogP contribution is 2.17. The van der Waals surface area contributed by atoms with E-state index in [4.69, 9.17) is 11.1 Å². The summed E-state index contributed by atoms with van der Waals surface area (Å²) in [6, 6.07) is 0. The second-order valence-corrected chi connectivity index (χ2v) is 3.50. The van der Waals surface area contributed by atoms with Crippen LogP contribution in [0.1, 0.15) is 19.3 Å². The molecular formula is C8H17N3. The molecule has 1 saturated heterocycles. The number of hydrogen-bond donors (Lipinski definition) is 2. The van der Waals surface area contributed by atoms with Crippen molar-refractivity contribution < 1.29 is 0 Å². The Morgan fingerprint density at radius 1 is 1.73 bits per heavy atom. The van der Waals surface area contributed by atoms with Crippen molar-refractivity contribution in [1.82, 2.24) is 4.90 Å². The molecule has 64 valence electrons. The lowest BCUT2D eigenvalue weighted by Crippen LogP contribution is -2.34. The molecule has 0 aromatic heterocycles. The Kier molecular flexibility index (Phi) is 2.88. The van der Waals surface area contributed by atoms with Gasteiger partial charge in [-0.05, 0) is 32.4 Å². The van der Waals surface area contributed by atoms with Gasteiger partial charge in [-0.1, -0.05) is 0 Å². The zero-order valence-electron chi connectivity index (χ0n) is 7.14. The predicted molar refractivity (Wildman–Crippen MR) is 46.8 cm³/mol. The molecule has 3 nitrogen and oxygen atoms in total. The van der Waals surface area contributed by atoms with Gasteiger partial charge in [0.1, 0.15) is 0 Å². The molecule has 3 N–H and O–H groups in total. The number of nitrogens with zero attached hydrogens (tertiary/aromatic N) is 1. The van der Waals surface area contributed by atoms with Crippen LogP contribution in [-0.4, -0.2) is 30.9 Å². The van der Waals surface area contributed by atoms with Crippen molar-refractivity contribution in [2.24, 2.45) is 11.7 Å². The Balaban J connectivity index is 2.28. The Labute approximate surface area is 68.1 Å². The van der Waals surface area contributed by atoms with Crippen LogP contribution in [0, 0.1) is 11.3 Å². The summed E-state index contributed by atoms with van der Waals surface area (Å²) < 4.78 is 0. The minimum Gasteiger partial charge on any atom is -0.388 e. The monoisotopic (exact) mass is 155 g/mol. The second kappa shape index (κ2) is 3.72. The highest BCUT2D eigenvalue weighted by atomic mass is 15.1. The van der Waals surface area contributed by atoms with Crippen LogP contribution >= 0.6 is 0 Å². The van der Waals surface area contributed by atoms with Crippen LogP contribution in [-0.2, 0) is 0 Å². The molecule has 3 heteroatoms. The molecule has 0 aromatic rings. The molecule has 1 atom stereocenters. The number of amidine groups is 1. The van der Waals surface area contributed by atoms with Crippen molar-refractivity contribution in [3.63, 3.8) is 0 Å². The standard InChI is InChI=1S/C8H17N3/c1-11-4-2-3-7(6-11)5-8(9)10/h7H,2-6H2,1H3,(H3,9,10). The minimum absolute atomic E-state index is 0.338. The number of rotatable bonds is 2. The van der Waals surface area contributed by atoms with E-state index in [2.05, 4.69) is 11.9 Å². The Morgan fingerprint density at radius 3 is 3.00 bits per heavy atom. The van der Waals surface area contributed by atoms with Gasteiger partial charge >= 0.3 is 0 Å². The lowest BCUT2D eigenvalue weighted by atomic mass is 9.95. The number of nitrogens with one attached hydrogen (secondary N) is 1. The van der Waals surface area contributed by atoms with Crippen molar-refractivity contribution in [2.75, 3.05) is 20.1 Å². The van der Waals surface area contributed by atoms with Crippen molar-refractivity contribution in [2.45, 2.75) is 19.3 Å². The molecule has 0 aliphatic carbocycles. The van der Waals surface area contributed by atoms with Crippen molar-refractivity contribution in [3.8, 4) is 0 Å². The lowest BCUT2D eigenvalue weighted by Gasteiger charge is -2.29. The van der Waals surface area contributed by atoms with Gasteiger partial charge < -0.3 is 10.6 Å². The van der Waals surface area contributed by atoms with Crippen LogP contribution in [0.15, 0.2) is 0 Å². The van der Waals surface area contributed by atoms with Crippen LogP contribution in [0.3, 0.4) is 0 Å². The highest BCUT2D eigenvalue weighted by Gasteiger charge is 2.17. The van der Waals surface area contributed by atoms with E-state index in [-0.39, 0.29) is 0 Å². The van der Waals surface area contributed by atoms with Gasteiger partial charge in [0.15, 0.2) is 0 Å². The zero-order chi connectivity index (χ0) is 8.27. The average molecular weight is 155 g/mol. The van der Waals surface area contributed by atoms with Crippen LogP contribution in [0.2, 0.25) is 0 Å². The predicted octanol–water partition coefficient (Wildman–Crippen LogP) is 0.654. The summed E-state index contributed by atoms with van der Waals surface area (Å²) in [5.74, 6) is 0.969. The number of likely N-dealkylation sites (tertiary alicyclic amines) is 1. The van der Waals surface area contributed by atoms with Crippen molar-refractivity contribution >= 4 is 5.84 Å². The van der Waals surface area contributed by atoms with E-state index in [9.17, 15) is 0 Å². The van der Waals surface area contributed by atoms with E-state index in [1.54, 1.807) is 0 Å². The van der Waals surface area contributed by atoms with E-state index < -0.39 is 0 Å². The molecule has 1 unspecified atom stereocenters. The summed E-state index contributed by atoms with van der Waals surface area (Å²) in [7, 11) is 2.13. The third kappa shape index (κ3) is 2.89. The minimum atomic E-state index is 0.338. The third-order valence-corrected chi connectivity index (χ3v) is 2.23. The first kappa shape index (κ1) is 8.53. The molecule has 0 saturated carbocycles. The van der Waals surface area contributed by atoms with Gasteiger partial charge in [-0.2, -0.15) is 0 Å². The first-order valence-electron chi connectivity index (χ1n) is 4.20. The van der Waals surface area contributed by atoms with E-state index in [1.165, 1.54) is 19.4 Å². The Morgan fingerprint density at radius 2 is 2.45 bits per heavy atom. The molecule has 1 rings (SSSR count). The molecule has 0 bridgehead atoms. The molecule has 1 aliphatic heterocycles. The van der Waals surface area contributed by atoms with Gasteiger partial charge in [0, 0.05) is 13.0 Å². The van der Waals surface area contributed by atoms with E-state index in [0.717, 1.165) is 13.0 Å². The average Bonchev–Trinajstić information content (AvgIpc) is 1.85.